The number of hydrogen-bond donors (Lipinski definition) is 0. The maximum Gasteiger partial charge on any atom is 0.324 e. The van der Waals surface area contributed by atoms with E-state index in [1.165, 1.54) is 13.2 Å². The van der Waals surface area contributed by atoms with Gasteiger partial charge in [0.1, 0.15) is 11.2 Å². The molecule has 0 spiro atoms. The molecule has 1 unspecified atom stereocenters. The average molecular weight is 231 g/mol. The number of carbonyl (C=O) groups is 1. The second-order valence-electron chi connectivity index (χ2n) is 3.28. The van der Waals surface area contributed by atoms with Gasteiger partial charge in [-0.15, -0.1) is 11.6 Å². The van der Waals surface area contributed by atoms with Crippen molar-refractivity contribution in [1.29, 1.82) is 0 Å². The predicted molar refractivity (Wildman–Crippen MR) is 56.5 cm³/mol. The first-order valence-corrected chi connectivity index (χ1v) is 4.95. The lowest BCUT2D eigenvalue weighted by Gasteiger charge is -2.07. The van der Waals surface area contributed by atoms with E-state index < -0.39 is 11.3 Å². The Morgan fingerprint density at radius 1 is 1.60 bits per heavy atom. The number of carbonyl (C=O) groups excluding carboxylic acids is 1. The summed E-state index contributed by atoms with van der Waals surface area (Å²) in [5, 5.41) is -0.767. The first-order chi connectivity index (χ1) is 7.04. The molecule has 1 rings (SSSR count). The van der Waals surface area contributed by atoms with E-state index >= 15 is 0 Å². The van der Waals surface area contributed by atoms with Gasteiger partial charge in [-0.1, -0.05) is 12.1 Å². The highest BCUT2D eigenvalue weighted by atomic mass is 35.5. The van der Waals surface area contributed by atoms with Gasteiger partial charge < -0.3 is 4.74 Å². The molecule has 82 valence electrons. The highest BCUT2D eigenvalue weighted by Gasteiger charge is 2.16. The van der Waals surface area contributed by atoms with Gasteiger partial charge in [0.15, 0.2) is 0 Å². The van der Waals surface area contributed by atoms with Gasteiger partial charge in [0.2, 0.25) is 0 Å². The second-order valence-corrected chi connectivity index (χ2v) is 3.81. The number of esters is 1. The highest BCUT2D eigenvalue weighted by molar-refractivity contribution is 6.30. The maximum absolute atomic E-state index is 13.2. The second kappa shape index (κ2) is 5.12. The van der Waals surface area contributed by atoms with E-state index in [2.05, 4.69) is 4.74 Å². The zero-order valence-electron chi connectivity index (χ0n) is 8.59. The fourth-order valence-electron chi connectivity index (χ4n) is 1.18. The fraction of sp³-hybridized carbons (Fsp3) is 0.364. The van der Waals surface area contributed by atoms with E-state index in [0.29, 0.717) is 11.1 Å². The summed E-state index contributed by atoms with van der Waals surface area (Å²) in [7, 11) is 1.27. The molecular weight excluding hydrogens is 219 g/mol. The van der Waals surface area contributed by atoms with Crippen LogP contribution in [-0.2, 0) is 16.0 Å². The fourth-order valence-corrected chi connectivity index (χ4v) is 1.45. The summed E-state index contributed by atoms with van der Waals surface area (Å²) in [5.41, 5.74) is 1.26. The summed E-state index contributed by atoms with van der Waals surface area (Å²) < 4.78 is 17.6. The van der Waals surface area contributed by atoms with Crippen molar-refractivity contribution in [1.82, 2.24) is 0 Å². The number of methoxy groups -OCH3 is 1. The quantitative estimate of drug-likeness (QED) is 0.589. The van der Waals surface area contributed by atoms with Crippen molar-refractivity contribution in [3.8, 4) is 0 Å². The van der Waals surface area contributed by atoms with Crippen LogP contribution >= 0.6 is 11.6 Å². The number of hydrogen-bond acceptors (Lipinski definition) is 2. The lowest BCUT2D eigenvalue weighted by atomic mass is 10.1. The molecule has 4 heteroatoms. The van der Waals surface area contributed by atoms with Crippen LogP contribution in [0.15, 0.2) is 18.2 Å². The first-order valence-electron chi connectivity index (χ1n) is 4.51. The Hall–Kier alpha value is -1.09. The minimum absolute atomic E-state index is 0.269. The molecule has 15 heavy (non-hydrogen) atoms. The van der Waals surface area contributed by atoms with Crippen LogP contribution in [0.1, 0.15) is 11.1 Å². The number of benzene rings is 1. The summed E-state index contributed by atoms with van der Waals surface area (Å²) in [6, 6.07) is 4.79. The number of aryl methyl sites for hydroxylation is 1. The number of rotatable bonds is 3. The molecule has 0 amide bonds. The molecule has 0 saturated carbocycles. The largest absolute Gasteiger partial charge is 0.468 e. The Morgan fingerprint density at radius 2 is 2.27 bits per heavy atom. The minimum atomic E-state index is -0.767. The molecule has 0 aliphatic rings. The Labute approximate surface area is 93.0 Å². The van der Waals surface area contributed by atoms with E-state index in [-0.39, 0.29) is 12.2 Å². The van der Waals surface area contributed by atoms with Crippen LogP contribution in [-0.4, -0.2) is 18.5 Å². The van der Waals surface area contributed by atoms with Crippen molar-refractivity contribution in [3.63, 3.8) is 0 Å². The van der Waals surface area contributed by atoms with Crippen LogP contribution in [0.5, 0.6) is 0 Å². The molecule has 0 bridgehead atoms. The third kappa shape index (κ3) is 3.20. The SMILES string of the molecule is COC(=O)C(Cl)Cc1ccc(C)c(F)c1. The van der Waals surface area contributed by atoms with Crippen LogP contribution in [0, 0.1) is 12.7 Å². The van der Waals surface area contributed by atoms with E-state index in [1.54, 1.807) is 19.1 Å². The molecule has 1 aromatic rings. The van der Waals surface area contributed by atoms with Gasteiger partial charge in [0.25, 0.3) is 0 Å². The van der Waals surface area contributed by atoms with Crippen molar-refractivity contribution in [2.24, 2.45) is 0 Å². The lowest BCUT2D eigenvalue weighted by Crippen LogP contribution is -2.18. The predicted octanol–water partition coefficient (Wildman–Crippen LogP) is 2.46. The highest BCUT2D eigenvalue weighted by Crippen LogP contribution is 2.13. The molecule has 0 aliphatic carbocycles. The molecule has 0 aromatic heterocycles. The zero-order valence-corrected chi connectivity index (χ0v) is 9.34. The van der Waals surface area contributed by atoms with Crippen molar-refractivity contribution in [3.05, 3.63) is 35.1 Å². The van der Waals surface area contributed by atoms with E-state index in [1.807, 2.05) is 0 Å². The molecule has 0 aliphatic heterocycles. The molecular formula is C11H12ClFO2. The number of ether oxygens (including phenoxy) is 1. The monoisotopic (exact) mass is 230 g/mol. The zero-order chi connectivity index (χ0) is 11.4. The van der Waals surface area contributed by atoms with Crippen molar-refractivity contribution in [2.75, 3.05) is 7.11 Å². The van der Waals surface area contributed by atoms with Crippen LogP contribution < -0.4 is 0 Å². The normalized spacial score (nSPS) is 12.3. The van der Waals surface area contributed by atoms with Crippen LogP contribution in [0.4, 0.5) is 4.39 Å². The Kier molecular flexibility index (Phi) is 4.09. The maximum atomic E-state index is 13.2. The van der Waals surface area contributed by atoms with Gasteiger partial charge >= 0.3 is 5.97 Å². The van der Waals surface area contributed by atoms with Crippen molar-refractivity contribution >= 4 is 17.6 Å². The smallest absolute Gasteiger partial charge is 0.324 e. The molecule has 0 heterocycles. The third-order valence-corrected chi connectivity index (χ3v) is 2.44. The van der Waals surface area contributed by atoms with E-state index in [9.17, 15) is 9.18 Å². The van der Waals surface area contributed by atoms with E-state index in [4.69, 9.17) is 11.6 Å². The number of halogens is 2. The molecule has 0 fully saturated rings. The topological polar surface area (TPSA) is 26.3 Å². The summed E-state index contributed by atoms with van der Waals surface area (Å²) >= 11 is 5.76. The van der Waals surface area contributed by atoms with Gasteiger partial charge in [0.05, 0.1) is 7.11 Å². The minimum Gasteiger partial charge on any atom is -0.468 e. The van der Waals surface area contributed by atoms with E-state index in [0.717, 1.165) is 0 Å². The number of alkyl halides is 1. The lowest BCUT2D eigenvalue weighted by molar-refractivity contribution is -0.140. The molecule has 0 N–H and O–H groups in total. The third-order valence-electron chi connectivity index (χ3n) is 2.11. The molecule has 0 saturated heterocycles. The van der Waals surface area contributed by atoms with Crippen LogP contribution in [0.25, 0.3) is 0 Å². The molecule has 1 aromatic carbocycles. The standard InChI is InChI=1S/C11H12ClFO2/c1-7-3-4-8(6-10(7)13)5-9(12)11(14)15-2/h3-4,6,9H,5H2,1-2H3. The van der Waals surface area contributed by atoms with Gasteiger partial charge in [-0.2, -0.15) is 0 Å². The van der Waals surface area contributed by atoms with Crippen molar-refractivity contribution < 1.29 is 13.9 Å². The van der Waals surface area contributed by atoms with Gasteiger partial charge in [-0.25, -0.2) is 4.39 Å². The van der Waals surface area contributed by atoms with Gasteiger partial charge in [-0.05, 0) is 30.5 Å². The Bertz CT molecular complexity index is 366. The van der Waals surface area contributed by atoms with Gasteiger partial charge in [-0.3, -0.25) is 4.79 Å². The Balaban J connectivity index is 2.73. The van der Waals surface area contributed by atoms with Crippen molar-refractivity contribution in [2.45, 2.75) is 18.7 Å². The molecule has 0 radical (unpaired) electrons. The summed E-state index contributed by atoms with van der Waals surface area (Å²) in [5.74, 6) is -0.793. The average Bonchev–Trinajstić information content (AvgIpc) is 2.22. The molecule has 1 atom stereocenters. The summed E-state index contributed by atoms with van der Waals surface area (Å²) in [6.45, 7) is 1.68. The van der Waals surface area contributed by atoms with Crippen LogP contribution in [0.2, 0.25) is 0 Å². The summed E-state index contributed by atoms with van der Waals surface area (Å²) in [6.07, 6.45) is 0.269. The van der Waals surface area contributed by atoms with Gasteiger partial charge in [0, 0.05) is 0 Å². The Morgan fingerprint density at radius 3 is 2.80 bits per heavy atom. The van der Waals surface area contributed by atoms with Crippen LogP contribution in [0.3, 0.4) is 0 Å². The molecule has 2 nitrogen and oxygen atoms in total. The first kappa shape index (κ1) is 12.0. The summed E-state index contributed by atoms with van der Waals surface area (Å²) in [4.78, 5) is 11.0.